The first-order chi connectivity index (χ1) is 13.0. The number of amides is 2. The molecule has 1 aliphatic rings. The lowest BCUT2D eigenvalue weighted by Crippen LogP contribution is -2.46. The summed E-state index contributed by atoms with van der Waals surface area (Å²) in [5, 5.41) is 13.8. The number of carbonyl (C=O) groups excluding carboxylic acids is 1. The van der Waals surface area contributed by atoms with Crippen LogP contribution < -0.4 is 5.32 Å². The van der Waals surface area contributed by atoms with Crippen LogP contribution in [-0.4, -0.2) is 28.6 Å². The van der Waals surface area contributed by atoms with Crippen LogP contribution in [0.5, 0.6) is 0 Å². The summed E-state index contributed by atoms with van der Waals surface area (Å²) in [6, 6.07) is 15.7. The van der Waals surface area contributed by atoms with Gasteiger partial charge in [0, 0.05) is 11.7 Å². The number of nitrogens with zero attached hydrogens (tertiary/aromatic N) is 1. The monoisotopic (exact) mass is 366 g/mol. The number of benzene rings is 2. The molecular formula is C23H30N2O2. The molecule has 27 heavy (non-hydrogen) atoms. The third kappa shape index (κ3) is 5.10. The van der Waals surface area contributed by atoms with Crippen molar-refractivity contribution in [3.8, 4) is 0 Å². The van der Waals surface area contributed by atoms with Gasteiger partial charge in [0.25, 0.3) is 0 Å². The highest BCUT2D eigenvalue weighted by Crippen LogP contribution is 2.26. The molecule has 4 nitrogen and oxygen atoms in total. The number of urea groups is 1. The maximum atomic E-state index is 13.1. The number of anilines is 1. The second-order valence-electron chi connectivity index (χ2n) is 7.62. The molecule has 1 fully saturated rings. The summed E-state index contributed by atoms with van der Waals surface area (Å²) in [6.45, 7) is 4.33. The van der Waals surface area contributed by atoms with E-state index in [4.69, 9.17) is 0 Å². The van der Waals surface area contributed by atoms with Crippen LogP contribution in [0.1, 0.15) is 54.9 Å². The first kappa shape index (κ1) is 19.4. The minimum atomic E-state index is -0.683. The molecule has 0 spiro atoms. The summed E-state index contributed by atoms with van der Waals surface area (Å²) >= 11 is 0. The third-order valence-corrected chi connectivity index (χ3v) is 5.46. The predicted octanol–water partition coefficient (Wildman–Crippen LogP) is 5.20. The zero-order valence-electron chi connectivity index (χ0n) is 16.3. The lowest BCUT2D eigenvalue weighted by atomic mass is 9.94. The lowest BCUT2D eigenvalue weighted by molar-refractivity contribution is 0.0957. The van der Waals surface area contributed by atoms with Crippen molar-refractivity contribution in [2.75, 3.05) is 11.9 Å². The lowest BCUT2D eigenvalue weighted by Gasteiger charge is -2.36. The number of carbonyl (C=O) groups is 1. The summed E-state index contributed by atoms with van der Waals surface area (Å²) in [4.78, 5) is 15.0. The Hall–Kier alpha value is -2.33. The van der Waals surface area contributed by atoms with Crippen LogP contribution in [0.2, 0.25) is 0 Å². The molecule has 1 saturated carbocycles. The molecule has 2 N–H and O–H groups in total. The summed E-state index contributed by atoms with van der Waals surface area (Å²) < 4.78 is 0. The molecular weight excluding hydrogens is 336 g/mol. The van der Waals surface area contributed by atoms with Crippen LogP contribution in [0, 0.1) is 13.8 Å². The molecule has 1 aliphatic carbocycles. The van der Waals surface area contributed by atoms with E-state index in [1.807, 2.05) is 67.3 Å². The van der Waals surface area contributed by atoms with Crippen LogP contribution in [0.15, 0.2) is 48.5 Å². The summed E-state index contributed by atoms with van der Waals surface area (Å²) in [5.41, 5.74) is 3.85. The van der Waals surface area contributed by atoms with Gasteiger partial charge in [-0.05, 0) is 49.4 Å². The fourth-order valence-corrected chi connectivity index (χ4v) is 3.81. The van der Waals surface area contributed by atoms with Crippen molar-refractivity contribution in [1.82, 2.24) is 4.90 Å². The van der Waals surface area contributed by atoms with Crippen molar-refractivity contribution in [2.45, 2.75) is 58.1 Å². The minimum Gasteiger partial charge on any atom is -0.387 e. The maximum absolute atomic E-state index is 13.1. The Labute approximate surface area is 162 Å². The van der Waals surface area contributed by atoms with Crippen molar-refractivity contribution in [3.05, 3.63) is 65.2 Å². The molecule has 0 aliphatic heterocycles. The first-order valence-corrected chi connectivity index (χ1v) is 9.92. The Kier molecular flexibility index (Phi) is 6.51. The summed E-state index contributed by atoms with van der Waals surface area (Å²) in [6.07, 6.45) is 4.82. The molecule has 0 bridgehead atoms. The Morgan fingerprint density at radius 1 is 1.11 bits per heavy atom. The molecule has 0 saturated heterocycles. The number of hydrogen-bond acceptors (Lipinski definition) is 2. The van der Waals surface area contributed by atoms with Crippen molar-refractivity contribution in [2.24, 2.45) is 0 Å². The standard InChI is InChI=1S/C23H30N2O2/c1-17-13-14-18(2)21(15-17)24-23(27)25(20-11-7-4-8-12-20)16-22(26)19-9-5-3-6-10-19/h3,5-6,9-10,13-15,20,22,26H,4,7-8,11-12,16H2,1-2H3,(H,24,27)/t22-/m1/s1. The van der Waals surface area contributed by atoms with E-state index in [1.165, 1.54) is 6.42 Å². The first-order valence-electron chi connectivity index (χ1n) is 9.92. The van der Waals surface area contributed by atoms with Gasteiger partial charge in [-0.3, -0.25) is 0 Å². The van der Waals surface area contributed by atoms with E-state index < -0.39 is 6.10 Å². The number of hydrogen-bond donors (Lipinski definition) is 2. The summed E-state index contributed by atoms with van der Waals surface area (Å²) in [7, 11) is 0. The van der Waals surface area contributed by atoms with E-state index in [2.05, 4.69) is 5.32 Å². The highest BCUT2D eigenvalue weighted by molar-refractivity contribution is 5.90. The molecule has 1 atom stereocenters. The van der Waals surface area contributed by atoms with Crippen LogP contribution in [-0.2, 0) is 0 Å². The van der Waals surface area contributed by atoms with Gasteiger partial charge in [-0.15, -0.1) is 0 Å². The van der Waals surface area contributed by atoms with E-state index in [1.54, 1.807) is 0 Å². The van der Waals surface area contributed by atoms with Crippen molar-refractivity contribution < 1.29 is 9.90 Å². The van der Waals surface area contributed by atoms with E-state index >= 15 is 0 Å². The van der Waals surface area contributed by atoms with E-state index in [9.17, 15) is 9.90 Å². The SMILES string of the molecule is Cc1ccc(C)c(NC(=O)N(C[C@@H](O)c2ccccc2)C2CCCCC2)c1. The largest absolute Gasteiger partial charge is 0.387 e. The van der Waals surface area contributed by atoms with Gasteiger partial charge >= 0.3 is 6.03 Å². The average Bonchev–Trinajstić information content (AvgIpc) is 2.70. The van der Waals surface area contributed by atoms with Crippen LogP contribution in [0.25, 0.3) is 0 Å². The fraction of sp³-hybridized carbons (Fsp3) is 0.435. The van der Waals surface area contributed by atoms with Crippen LogP contribution >= 0.6 is 0 Å². The van der Waals surface area contributed by atoms with Crippen molar-refractivity contribution in [1.29, 1.82) is 0 Å². The minimum absolute atomic E-state index is 0.120. The highest BCUT2D eigenvalue weighted by atomic mass is 16.3. The second kappa shape index (κ2) is 9.05. The number of aliphatic hydroxyl groups excluding tert-OH is 1. The Balaban J connectivity index is 1.78. The van der Waals surface area contributed by atoms with Gasteiger partial charge in [0.05, 0.1) is 12.6 Å². The predicted molar refractivity (Wildman–Crippen MR) is 110 cm³/mol. The van der Waals surface area contributed by atoms with Crippen LogP contribution in [0.3, 0.4) is 0 Å². The highest BCUT2D eigenvalue weighted by Gasteiger charge is 2.28. The molecule has 0 heterocycles. The zero-order chi connectivity index (χ0) is 19.2. The van der Waals surface area contributed by atoms with Gasteiger partial charge in [0.2, 0.25) is 0 Å². The third-order valence-electron chi connectivity index (χ3n) is 5.46. The maximum Gasteiger partial charge on any atom is 0.322 e. The molecule has 2 amide bonds. The second-order valence-corrected chi connectivity index (χ2v) is 7.62. The smallest absolute Gasteiger partial charge is 0.322 e. The molecule has 2 aromatic rings. The normalized spacial score (nSPS) is 16.0. The number of aliphatic hydroxyl groups is 1. The van der Waals surface area contributed by atoms with E-state index in [0.29, 0.717) is 6.54 Å². The topological polar surface area (TPSA) is 52.6 Å². The molecule has 0 aromatic heterocycles. The molecule has 0 radical (unpaired) electrons. The van der Waals surface area contributed by atoms with Crippen molar-refractivity contribution >= 4 is 11.7 Å². The van der Waals surface area contributed by atoms with Crippen LogP contribution in [0.4, 0.5) is 10.5 Å². The Morgan fingerprint density at radius 3 is 2.52 bits per heavy atom. The molecule has 0 unspecified atom stereocenters. The van der Waals surface area contributed by atoms with Gasteiger partial charge in [0.1, 0.15) is 0 Å². The average molecular weight is 367 g/mol. The fourth-order valence-electron chi connectivity index (χ4n) is 3.81. The van der Waals surface area contributed by atoms with E-state index in [0.717, 1.165) is 48.1 Å². The Morgan fingerprint density at radius 2 is 1.81 bits per heavy atom. The number of nitrogens with one attached hydrogen (secondary N) is 1. The molecule has 3 rings (SSSR count). The van der Waals surface area contributed by atoms with Gasteiger partial charge in [-0.25, -0.2) is 4.79 Å². The molecule has 2 aromatic carbocycles. The number of rotatable bonds is 5. The van der Waals surface area contributed by atoms with E-state index in [-0.39, 0.29) is 12.1 Å². The summed E-state index contributed by atoms with van der Waals surface area (Å²) in [5.74, 6) is 0. The van der Waals surface area contributed by atoms with Gasteiger partial charge in [-0.2, -0.15) is 0 Å². The van der Waals surface area contributed by atoms with Gasteiger partial charge < -0.3 is 15.3 Å². The molecule has 4 heteroatoms. The quantitative estimate of drug-likeness (QED) is 0.764. The molecule has 144 valence electrons. The zero-order valence-corrected chi connectivity index (χ0v) is 16.3. The van der Waals surface area contributed by atoms with Gasteiger partial charge in [-0.1, -0.05) is 61.7 Å². The van der Waals surface area contributed by atoms with Crippen molar-refractivity contribution in [3.63, 3.8) is 0 Å². The Bertz CT molecular complexity index is 754. The van der Waals surface area contributed by atoms with Gasteiger partial charge in [0.15, 0.2) is 0 Å². The number of aryl methyl sites for hydroxylation is 2.